The normalized spacial score (nSPS) is 21.3. The Morgan fingerprint density at radius 3 is 2.17 bits per heavy atom. The maximum atomic E-state index is 13.3. The van der Waals surface area contributed by atoms with Crippen LogP contribution in [-0.4, -0.2) is 74.6 Å². The van der Waals surface area contributed by atoms with Crippen LogP contribution in [0.2, 0.25) is 0 Å². The molecular weight excluding hydrogens is 388 g/mol. The third-order valence-electron chi connectivity index (χ3n) is 5.42. The predicted octanol–water partition coefficient (Wildman–Crippen LogP) is 1.24. The number of hydrogen-bond donors (Lipinski definition) is 1. The van der Waals surface area contributed by atoms with Gasteiger partial charge in [-0.25, -0.2) is 4.79 Å². The highest BCUT2D eigenvalue weighted by molar-refractivity contribution is 5.98. The van der Waals surface area contributed by atoms with Crippen LogP contribution in [0, 0.1) is 20.2 Å². The van der Waals surface area contributed by atoms with E-state index in [9.17, 15) is 34.9 Å². The van der Waals surface area contributed by atoms with Crippen molar-refractivity contribution in [3.63, 3.8) is 0 Å². The van der Waals surface area contributed by atoms with Crippen molar-refractivity contribution in [1.82, 2.24) is 9.80 Å². The van der Waals surface area contributed by atoms with Crippen LogP contribution in [0.3, 0.4) is 0 Å². The van der Waals surface area contributed by atoms with Gasteiger partial charge in [0.25, 0.3) is 17.3 Å². The Labute approximate surface area is 164 Å². The fourth-order valence-corrected chi connectivity index (χ4v) is 3.84. The highest BCUT2D eigenvalue weighted by Crippen LogP contribution is 2.39. The van der Waals surface area contributed by atoms with Crippen LogP contribution >= 0.6 is 0 Å². The lowest BCUT2D eigenvalue weighted by atomic mass is 9.96. The smallest absolute Gasteiger partial charge is 0.328 e. The van der Waals surface area contributed by atoms with E-state index in [1.807, 2.05) is 6.92 Å². The Bertz CT molecular complexity index is 833. The summed E-state index contributed by atoms with van der Waals surface area (Å²) >= 11 is 0. The van der Waals surface area contributed by atoms with Gasteiger partial charge in [-0.3, -0.25) is 29.9 Å². The van der Waals surface area contributed by atoms with Crippen molar-refractivity contribution < 1.29 is 29.3 Å². The Kier molecular flexibility index (Phi) is 5.48. The molecule has 156 valence electrons. The number of carboxylic acids is 1. The van der Waals surface area contributed by atoms with Gasteiger partial charge < -0.3 is 14.7 Å². The van der Waals surface area contributed by atoms with Crippen molar-refractivity contribution in [2.45, 2.75) is 31.5 Å². The highest BCUT2D eigenvalue weighted by atomic mass is 16.6. The molecule has 1 aromatic carbocycles. The molecule has 2 fully saturated rings. The third kappa shape index (κ3) is 3.76. The van der Waals surface area contributed by atoms with E-state index in [0.717, 1.165) is 29.6 Å². The maximum absolute atomic E-state index is 13.3. The van der Waals surface area contributed by atoms with E-state index < -0.39 is 44.9 Å². The molecule has 1 atom stereocenters. The number of rotatable bonds is 5. The van der Waals surface area contributed by atoms with E-state index in [2.05, 4.69) is 4.90 Å². The van der Waals surface area contributed by atoms with Crippen LogP contribution in [-0.2, 0) is 9.53 Å². The zero-order valence-corrected chi connectivity index (χ0v) is 15.6. The number of carbonyl (C=O) groups excluding carboxylic acids is 1. The zero-order chi connectivity index (χ0) is 21.3. The summed E-state index contributed by atoms with van der Waals surface area (Å²) < 4.78 is 5.79. The first-order chi connectivity index (χ1) is 13.7. The number of carbonyl (C=O) groups is 2. The number of non-ortho nitro benzene ring substituents is 2. The summed E-state index contributed by atoms with van der Waals surface area (Å²) in [5.41, 5.74) is -2.72. The fourth-order valence-electron chi connectivity index (χ4n) is 3.84. The minimum absolute atomic E-state index is 0.218. The first-order valence-electron chi connectivity index (χ1n) is 9.05. The Hall–Kier alpha value is -3.12. The molecule has 2 aliphatic rings. The van der Waals surface area contributed by atoms with Crippen LogP contribution in [0.5, 0.6) is 0 Å². The summed E-state index contributed by atoms with van der Waals surface area (Å²) in [5.74, 6) is -2.11. The summed E-state index contributed by atoms with van der Waals surface area (Å²) in [6.45, 7) is 3.73. The molecule has 0 aromatic heterocycles. The van der Waals surface area contributed by atoms with E-state index in [0.29, 0.717) is 25.9 Å². The SMILES string of the molecule is CCN1CCC2(CC1)OC[C@@H](C(=O)O)N2C(=O)c1cc([N+](=O)[O-])cc([N+](=O)[O-])c1. The van der Waals surface area contributed by atoms with Gasteiger partial charge in [-0.1, -0.05) is 6.92 Å². The lowest BCUT2D eigenvalue weighted by molar-refractivity contribution is -0.394. The molecule has 12 nitrogen and oxygen atoms in total. The second-order valence-electron chi connectivity index (χ2n) is 6.97. The van der Waals surface area contributed by atoms with Gasteiger partial charge in [-0.2, -0.15) is 0 Å². The van der Waals surface area contributed by atoms with Crippen LogP contribution < -0.4 is 0 Å². The highest BCUT2D eigenvalue weighted by Gasteiger charge is 2.54. The molecule has 0 radical (unpaired) electrons. The van der Waals surface area contributed by atoms with Crippen LogP contribution in [0.4, 0.5) is 11.4 Å². The molecule has 1 amide bonds. The van der Waals surface area contributed by atoms with Crippen molar-refractivity contribution in [2.24, 2.45) is 0 Å². The number of carboxylic acid groups (broad SMARTS) is 1. The van der Waals surface area contributed by atoms with Crippen LogP contribution in [0.25, 0.3) is 0 Å². The molecule has 0 unspecified atom stereocenters. The van der Waals surface area contributed by atoms with Crippen molar-refractivity contribution in [2.75, 3.05) is 26.2 Å². The van der Waals surface area contributed by atoms with E-state index in [1.54, 1.807) is 0 Å². The van der Waals surface area contributed by atoms with Gasteiger partial charge in [0.1, 0.15) is 5.72 Å². The van der Waals surface area contributed by atoms with E-state index in [-0.39, 0.29) is 12.2 Å². The van der Waals surface area contributed by atoms with Crippen LogP contribution in [0.1, 0.15) is 30.1 Å². The van der Waals surface area contributed by atoms with Gasteiger partial charge in [0, 0.05) is 38.1 Å². The number of benzene rings is 1. The summed E-state index contributed by atoms with van der Waals surface area (Å²) in [6, 6.07) is 1.30. The predicted molar refractivity (Wildman–Crippen MR) is 97.4 cm³/mol. The standard InChI is InChI=1S/C17H20N4O8/c1-2-18-5-3-17(4-6-18)19(14(10-29-17)16(23)24)15(22)11-7-12(20(25)26)9-13(8-11)21(27)28/h7-9,14H,2-6,10H2,1H3,(H,23,24)/t14-/m0/s1. The first kappa shape index (κ1) is 20.6. The molecule has 2 saturated heterocycles. The minimum Gasteiger partial charge on any atom is -0.480 e. The Morgan fingerprint density at radius 1 is 1.17 bits per heavy atom. The summed E-state index contributed by atoms with van der Waals surface area (Å²) in [7, 11) is 0. The average molecular weight is 408 g/mol. The number of nitrogens with zero attached hydrogens (tertiary/aromatic N) is 4. The first-order valence-corrected chi connectivity index (χ1v) is 9.05. The maximum Gasteiger partial charge on any atom is 0.328 e. The number of ether oxygens (including phenoxy) is 1. The molecule has 2 heterocycles. The number of nitro groups is 2. The van der Waals surface area contributed by atoms with Gasteiger partial charge in [-0.15, -0.1) is 0 Å². The van der Waals surface area contributed by atoms with Crippen molar-refractivity contribution in [3.8, 4) is 0 Å². The molecule has 2 aliphatic heterocycles. The molecular formula is C17H20N4O8. The van der Waals surface area contributed by atoms with E-state index in [4.69, 9.17) is 4.74 Å². The number of aliphatic carboxylic acids is 1. The monoisotopic (exact) mass is 408 g/mol. The molecule has 0 aliphatic carbocycles. The van der Waals surface area contributed by atoms with Crippen molar-refractivity contribution in [1.29, 1.82) is 0 Å². The second kappa shape index (κ2) is 7.72. The number of piperidine rings is 1. The lowest BCUT2D eigenvalue weighted by Crippen LogP contribution is -2.58. The van der Waals surface area contributed by atoms with E-state index in [1.165, 1.54) is 0 Å². The molecule has 12 heteroatoms. The molecule has 1 N–H and O–H groups in total. The van der Waals surface area contributed by atoms with Gasteiger partial charge in [0.15, 0.2) is 6.04 Å². The second-order valence-corrected chi connectivity index (χ2v) is 6.97. The number of amides is 1. The summed E-state index contributed by atoms with van der Waals surface area (Å²) in [4.78, 5) is 48.8. The number of nitro benzene ring substituents is 2. The summed E-state index contributed by atoms with van der Waals surface area (Å²) in [5, 5.41) is 31.9. The van der Waals surface area contributed by atoms with Gasteiger partial charge >= 0.3 is 5.97 Å². The fraction of sp³-hybridized carbons (Fsp3) is 0.529. The minimum atomic E-state index is -1.28. The average Bonchev–Trinajstić information content (AvgIpc) is 3.06. The molecule has 1 aromatic rings. The van der Waals surface area contributed by atoms with Crippen LogP contribution in [0.15, 0.2) is 18.2 Å². The Morgan fingerprint density at radius 2 is 1.72 bits per heavy atom. The molecule has 29 heavy (non-hydrogen) atoms. The summed E-state index contributed by atoms with van der Waals surface area (Å²) in [6.07, 6.45) is 0.737. The number of hydrogen-bond acceptors (Lipinski definition) is 8. The largest absolute Gasteiger partial charge is 0.480 e. The topological polar surface area (TPSA) is 156 Å². The molecule has 3 rings (SSSR count). The quantitative estimate of drug-likeness (QED) is 0.559. The lowest BCUT2D eigenvalue weighted by Gasteiger charge is -2.44. The van der Waals surface area contributed by atoms with Gasteiger partial charge in [0.2, 0.25) is 0 Å². The van der Waals surface area contributed by atoms with E-state index >= 15 is 0 Å². The molecule has 1 spiro atoms. The number of likely N-dealkylation sites (tertiary alicyclic amines) is 1. The van der Waals surface area contributed by atoms with Gasteiger partial charge in [-0.05, 0) is 6.54 Å². The Balaban J connectivity index is 2.03. The zero-order valence-electron chi connectivity index (χ0n) is 15.6. The molecule has 0 bridgehead atoms. The molecule has 0 saturated carbocycles. The third-order valence-corrected chi connectivity index (χ3v) is 5.42. The van der Waals surface area contributed by atoms with Crippen molar-refractivity contribution >= 4 is 23.3 Å². The van der Waals surface area contributed by atoms with Crippen molar-refractivity contribution in [3.05, 3.63) is 44.0 Å². The van der Waals surface area contributed by atoms with Gasteiger partial charge in [0.05, 0.1) is 28.1 Å².